The molecule has 2 amide bonds. The van der Waals surface area contributed by atoms with Gasteiger partial charge in [0, 0.05) is 45.8 Å². The Morgan fingerprint density at radius 1 is 1.10 bits per heavy atom. The largest absolute Gasteiger partial charge is 0.378 e. The van der Waals surface area contributed by atoms with Gasteiger partial charge in [0.1, 0.15) is 0 Å². The number of piperazine rings is 1. The molecule has 0 spiro atoms. The average molecular weight is 320 g/mol. The minimum absolute atomic E-state index is 0.0488. The Kier molecular flexibility index (Phi) is 5.80. The van der Waals surface area contributed by atoms with Gasteiger partial charge in [-0.25, -0.2) is 13.2 Å². The third-order valence-electron chi connectivity index (χ3n) is 3.79. The molecule has 0 atom stereocenters. The molecule has 0 bridgehead atoms. The quantitative estimate of drug-likeness (QED) is 0.689. The van der Waals surface area contributed by atoms with E-state index < -0.39 is 10.0 Å². The zero-order valence-corrected chi connectivity index (χ0v) is 13.3. The second kappa shape index (κ2) is 7.39. The van der Waals surface area contributed by atoms with Crippen LogP contribution >= 0.6 is 0 Å². The van der Waals surface area contributed by atoms with Crippen LogP contribution in [0.4, 0.5) is 4.79 Å². The predicted octanol–water partition coefficient (Wildman–Crippen LogP) is -1.39. The minimum Gasteiger partial charge on any atom is -0.378 e. The van der Waals surface area contributed by atoms with E-state index in [1.165, 1.54) is 4.31 Å². The molecular weight excluding hydrogens is 296 g/mol. The Bertz CT molecular complexity index is 442. The van der Waals surface area contributed by atoms with E-state index in [9.17, 15) is 13.2 Å². The van der Waals surface area contributed by atoms with Crippen molar-refractivity contribution in [3.05, 3.63) is 0 Å². The molecule has 9 heteroatoms. The first-order valence-corrected chi connectivity index (χ1v) is 8.87. The summed E-state index contributed by atoms with van der Waals surface area (Å²) < 4.78 is 31.0. The zero-order valence-electron chi connectivity index (χ0n) is 12.5. The van der Waals surface area contributed by atoms with E-state index in [1.807, 2.05) is 7.05 Å². The Morgan fingerprint density at radius 2 is 1.71 bits per heavy atom. The summed E-state index contributed by atoms with van der Waals surface area (Å²) in [6.07, 6.45) is 0. The van der Waals surface area contributed by atoms with E-state index >= 15 is 0 Å². The van der Waals surface area contributed by atoms with Gasteiger partial charge in [-0.1, -0.05) is 0 Å². The highest BCUT2D eigenvalue weighted by Gasteiger charge is 2.25. The van der Waals surface area contributed by atoms with Crippen molar-refractivity contribution in [3.8, 4) is 0 Å². The van der Waals surface area contributed by atoms with E-state index in [1.54, 1.807) is 4.90 Å². The van der Waals surface area contributed by atoms with Gasteiger partial charge in [-0.15, -0.1) is 0 Å². The maximum Gasteiger partial charge on any atom is 0.317 e. The van der Waals surface area contributed by atoms with Gasteiger partial charge < -0.3 is 19.9 Å². The number of carbonyl (C=O) groups excluding carboxylic acids is 1. The number of hydrogen-bond donors (Lipinski definition) is 1. The van der Waals surface area contributed by atoms with Gasteiger partial charge in [-0.3, -0.25) is 0 Å². The molecule has 0 aromatic carbocycles. The Labute approximate surface area is 126 Å². The Balaban J connectivity index is 1.72. The SMILES string of the molecule is CN1CCN(S(=O)(=O)CCNC(=O)N2CCOCC2)CC1. The van der Waals surface area contributed by atoms with E-state index in [-0.39, 0.29) is 18.3 Å². The number of likely N-dealkylation sites (N-methyl/N-ethyl adjacent to an activating group) is 1. The van der Waals surface area contributed by atoms with E-state index in [2.05, 4.69) is 10.2 Å². The number of rotatable bonds is 4. The van der Waals surface area contributed by atoms with Crippen molar-refractivity contribution < 1.29 is 17.9 Å². The topological polar surface area (TPSA) is 82.2 Å². The average Bonchev–Trinajstić information content (AvgIpc) is 2.48. The molecule has 1 N–H and O–H groups in total. The van der Waals surface area contributed by atoms with Crippen LogP contribution in [0.25, 0.3) is 0 Å². The fourth-order valence-electron chi connectivity index (χ4n) is 2.36. The normalized spacial score (nSPS) is 22.2. The standard InChI is InChI=1S/C12H24N4O4S/c1-14-3-5-16(6-4-14)21(18,19)11-2-13-12(17)15-7-9-20-10-8-15/h2-11H2,1H3,(H,13,17). The van der Waals surface area contributed by atoms with Crippen LogP contribution < -0.4 is 5.32 Å². The molecule has 2 heterocycles. The first-order chi connectivity index (χ1) is 9.99. The number of nitrogens with zero attached hydrogens (tertiary/aromatic N) is 3. The molecule has 2 rings (SSSR count). The molecule has 8 nitrogen and oxygen atoms in total. The summed E-state index contributed by atoms with van der Waals surface area (Å²) in [5.74, 6) is -0.0488. The van der Waals surface area contributed by atoms with Gasteiger partial charge in [0.2, 0.25) is 10.0 Å². The lowest BCUT2D eigenvalue weighted by molar-refractivity contribution is 0.0533. The summed E-state index contributed by atoms with van der Waals surface area (Å²) in [4.78, 5) is 15.6. The molecule has 0 unspecified atom stereocenters. The number of amides is 2. The molecule has 0 aromatic rings. The van der Waals surface area contributed by atoms with E-state index in [0.29, 0.717) is 39.4 Å². The third-order valence-corrected chi connectivity index (χ3v) is 5.66. The number of hydrogen-bond acceptors (Lipinski definition) is 5. The zero-order chi connectivity index (χ0) is 15.3. The van der Waals surface area contributed by atoms with Crippen molar-refractivity contribution >= 4 is 16.1 Å². The van der Waals surface area contributed by atoms with E-state index in [4.69, 9.17) is 4.74 Å². The molecule has 0 saturated carbocycles. The van der Waals surface area contributed by atoms with Crippen molar-refractivity contribution in [1.82, 2.24) is 19.4 Å². The van der Waals surface area contributed by atoms with Crippen molar-refractivity contribution in [3.63, 3.8) is 0 Å². The first kappa shape index (κ1) is 16.5. The third kappa shape index (κ3) is 4.80. The van der Waals surface area contributed by atoms with Crippen LogP contribution in [0.2, 0.25) is 0 Å². The molecule has 122 valence electrons. The smallest absolute Gasteiger partial charge is 0.317 e. The summed E-state index contributed by atoms with van der Waals surface area (Å²) in [5, 5.41) is 2.67. The second-order valence-electron chi connectivity index (χ2n) is 5.35. The Morgan fingerprint density at radius 3 is 2.33 bits per heavy atom. The predicted molar refractivity (Wildman–Crippen MR) is 78.6 cm³/mol. The summed E-state index contributed by atoms with van der Waals surface area (Å²) >= 11 is 0. The van der Waals surface area contributed by atoms with Crippen LogP contribution in [0.1, 0.15) is 0 Å². The fraction of sp³-hybridized carbons (Fsp3) is 0.917. The maximum atomic E-state index is 12.2. The van der Waals surface area contributed by atoms with Crippen LogP contribution in [0.5, 0.6) is 0 Å². The Hall–Kier alpha value is -0.900. The van der Waals surface area contributed by atoms with Gasteiger partial charge >= 0.3 is 6.03 Å². The van der Waals surface area contributed by atoms with Crippen LogP contribution in [0.15, 0.2) is 0 Å². The molecule has 21 heavy (non-hydrogen) atoms. The maximum absolute atomic E-state index is 12.2. The minimum atomic E-state index is -3.28. The lowest BCUT2D eigenvalue weighted by Crippen LogP contribution is -2.50. The summed E-state index contributed by atoms with van der Waals surface area (Å²) in [5.41, 5.74) is 0. The second-order valence-corrected chi connectivity index (χ2v) is 7.44. The van der Waals surface area contributed by atoms with Crippen LogP contribution in [-0.2, 0) is 14.8 Å². The van der Waals surface area contributed by atoms with Gasteiger partial charge in [0.25, 0.3) is 0 Å². The monoisotopic (exact) mass is 320 g/mol. The first-order valence-electron chi connectivity index (χ1n) is 7.26. The van der Waals surface area contributed by atoms with Crippen LogP contribution in [0, 0.1) is 0 Å². The van der Waals surface area contributed by atoms with Crippen molar-refractivity contribution in [2.24, 2.45) is 0 Å². The highest BCUT2D eigenvalue weighted by Crippen LogP contribution is 2.06. The fourth-order valence-corrected chi connectivity index (χ4v) is 3.70. The van der Waals surface area contributed by atoms with Crippen LogP contribution in [0.3, 0.4) is 0 Å². The molecule has 2 fully saturated rings. The van der Waals surface area contributed by atoms with Crippen LogP contribution in [-0.4, -0.2) is 100 Å². The van der Waals surface area contributed by atoms with Crippen molar-refractivity contribution in [2.75, 3.05) is 71.8 Å². The number of nitrogens with one attached hydrogen (secondary N) is 1. The highest BCUT2D eigenvalue weighted by atomic mass is 32.2. The van der Waals surface area contributed by atoms with Gasteiger partial charge in [0.05, 0.1) is 19.0 Å². The summed E-state index contributed by atoms with van der Waals surface area (Å²) in [7, 11) is -1.31. The number of urea groups is 1. The molecule has 0 radical (unpaired) electrons. The van der Waals surface area contributed by atoms with E-state index in [0.717, 1.165) is 13.1 Å². The number of sulfonamides is 1. The molecular formula is C12H24N4O4S. The number of morpholine rings is 1. The van der Waals surface area contributed by atoms with Crippen molar-refractivity contribution in [2.45, 2.75) is 0 Å². The lowest BCUT2D eigenvalue weighted by atomic mass is 10.4. The van der Waals surface area contributed by atoms with Gasteiger partial charge in [-0.05, 0) is 7.05 Å². The van der Waals surface area contributed by atoms with Crippen molar-refractivity contribution in [1.29, 1.82) is 0 Å². The molecule has 2 saturated heterocycles. The number of carbonyl (C=O) groups is 1. The highest BCUT2D eigenvalue weighted by molar-refractivity contribution is 7.89. The molecule has 0 aromatic heterocycles. The molecule has 2 aliphatic heterocycles. The lowest BCUT2D eigenvalue weighted by Gasteiger charge is -2.31. The van der Waals surface area contributed by atoms with Gasteiger partial charge in [0.15, 0.2) is 0 Å². The molecule has 2 aliphatic rings. The number of ether oxygens (including phenoxy) is 1. The summed E-state index contributed by atoms with van der Waals surface area (Å²) in [6, 6.07) is -0.216. The van der Waals surface area contributed by atoms with Gasteiger partial charge in [-0.2, -0.15) is 4.31 Å². The molecule has 0 aliphatic carbocycles. The summed E-state index contributed by atoms with van der Waals surface area (Å²) in [6.45, 7) is 4.87.